The van der Waals surface area contributed by atoms with Crippen LogP contribution < -0.4 is 10.2 Å². The number of rotatable bonds is 4. The number of amides is 3. The van der Waals surface area contributed by atoms with Gasteiger partial charge in [-0.15, -0.1) is 0 Å². The van der Waals surface area contributed by atoms with Gasteiger partial charge in [0.2, 0.25) is 5.91 Å². The Hall–Kier alpha value is -3.81. The Bertz CT molecular complexity index is 1150. The molecule has 150 valence electrons. The third-order valence-electron chi connectivity index (χ3n) is 5.40. The van der Waals surface area contributed by atoms with Gasteiger partial charge in [-0.3, -0.25) is 19.3 Å². The summed E-state index contributed by atoms with van der Waals surface area (Å²) < 4.78 is 0. The van der Waals surface area contributed by atoms with Crippen LogP contribution in [0.15, 0.2) is 48.5 Å². The molecule has 1 saturated heterocycles. The van der Waals surface area contributed by atoms with Crippen LogP contribution in [0.1, 0.15) is 33.6 Å². The number of carbonyl (C=O) groups excluding carboxylic acids is 3. The molecule has 3 aromatic rings. The number of carbonyl (C=O) groups is 3. The number of fused-ring (bicyclic) bond motifs is 2. The van der Waals surface area contributed by atoms with Crippen molar-refractivity contribution in [2.45, 2.75) is 12.8 Å². The van der Waals surface area contributed by atoms with E-state index in [0.717, 1.165) is 36.3 Å². The first-order valence-corrected chi connectivity index (χ1v) is 9.88. The van der Waals surface area contributed by atoms with E-state index in [1.807, 2.05) is 24.3 Å². The molecule has 3 heterocycles. The summed E-state index contributed by atoms with van der Waals surface area (Å²) in [5.74, 6) is -0.459. The number of imide groups is 1. The minimum Gasteiger partial charge on any atom is -0.354 e. The predicted molar refractivity (Wildman–Crippen MR) is 111 cm³/mol. The third kappa shape index (κ3) is 3.06. The maximum absolute atomic E-state index is 12.8. The van der Waals surface area contributed by atoms with Crippen molar-refractivity contribution >= 4 is 40.4 Å². The summed E-state index contributed by atoms with van der Waals surface area (Å²) in [5, 5.41) is 2.77. The molecule has 0 unspecified atom stereocenters. The lowest BCUT2D eigenvalue weighted by atomic mass is 10.1. The molecule has 3 amide bonds. The number of aromatic nitrogens is 2. The molecule has 8 heteroatoms. The SMILES string of the molecule is O=C(CN1C(=O)c2ccccc2C1=O)Nc1nc2ccccc2nc1N1CCCC1. The van der Waals surface area contributed by atoms with E-state index in [1.54, 1.807) is 24.3 Å². The largest absolute Gasteiger partial charge is 0.354 e. The Morgan fingerprint density at radius 3 is 2.07 bits per heavy atom. The molecule has 1 fully saturated rings. The van der Waals surface area contributed by atoms with Gasteiger partial charge in [0.05, 0.1) is 22.2 Å². The van der Waals surface area contributed by atoms with E-state index in [2.05, 4.69) is 15.2 Å². The van der Waals surface area contributed by atoms with Crippen molar-refractivity contribution < 1.29 is 14.4 Å². The third-order valence-corrected chi connectivity index (χ3v) is 5.40. The smallest absolute Gasteiger partial charge is 0.262 e. The molecule has 1 aromatic heterocycles. The Morgan fingerprint density at radius 2 is 1.43 bits per heavy atom. The van der Waals surface area contributed by atoms with Gasteiger partial charge in [0.15, 0.2) is 11.6 Å². The number of benzene rings is 2. The first-order chi connectivity index (χ1) is 14.6. The zero-order chi connectivity index (χ0) is 20.7. The zero-order valence-electron chi connectivity index (χ0n) is 16.2. The van der Waals surface area contributed by atoms with Crippen LogP contribution in [0.3, 0.4) is 0 Å². The van der Waals surface area contributed by atoms with E-state index < -0.39 is 17.7 Å². The standard InChI is InChI=1S/C22H19N5O3/c28-18(13-27-21(29)14-7-1-2-8-15(14)22(27)30)25-19-20(26-11-5-6-12-26)24-17-10-4-3-9-16(17)23-19/h1-4,7-10H,5-6,11-13H2,(H,23,25,28). The molecule has 2 aromatic carbocycles. The van der Waals surface area contributed by atoms with Crippen molar-refractivity contribution in [1.29, 1.82) is 0 Å². The van der Waals surface area contributed by atoms with Crippen LogP contribution in [0.4, 0.5) is 11.6 Å². The number of hydrogen-bond donors (Lipinski definition) is 1. The summed E-state index contributed by atoms with van der Waals surface area (Å²) in [5.41, 5.74) is 2.05. The average Bonchev–Trinajstić information content (AvgIpc) is 3.37. The summed E-state index contributed by atoms with van der Waals surface area (Å²) >= 11 is 0. The second kappa shape index (κ2) is 7.22. The summed E-state index contributed by atoms with van der Waals surface area (Å²) in [4.78, 5) is 50.2. The summed E-state index contributed by atoms with van der Waals surface area (Å²) in [7, 11) is 0. The molecule has 0 atom stereocenters. The van der Waals surface area contributed by atoms with Gasteiger partial charge in [0.1, 0.15) is 6.54 Å². The Kier molecular flexibility index (Phi) is 4.39. The average molecular weight is 401 g/mol. The summed E-state index contributed by atoms with van der Waals surface area (Å²) in [6, 6.07) is 14.0. The molecule has 0 spiro atoms. The Morgan fingerprint density at radius 1 is 0.867 bits per heavy atom. The van der Waals surface area contributed by atoms with E-state index >= 15 is 0 Å². The lowest BCUT2D eigenvalue weighted by molar-refractivity contribution is -0.116. The van der Waals surface area contributed by atoms with Crippen molar-refractivity contribution in [2.24, 2.45) is 0 Å². The molecule has 2 aliphatic heterocycles. The van der Waals surface area contributed by atoms with Crippen LogP contribution in [0, 0.1) is 0 Å². The number of anilines is 2. The highest BCUT2D eigenvalue weighted by Gasteiger charge is 2.36. The summed E-state index contributed by atoms with van der Waals surface area (Å²) in [6.45, 7) is 1.31. The number of para-hydroxylation sites is 2. The fourth-order valence-electron chi connectivity index (χ4n) is 3.92. The van der Waals surface area contributed by atoms with Gasteiger partial charge in [-0.25, -0.2) is 9.97 Å². The minimum absolute atomic E-state index is 0.318. The van der Waals surface area contributed by atoms with E-state index in [4.69, 9.17) is 4.98 Å². The van der Waals surface area contributed by atoms with E-state index in [-0.39, 0.29) is 6.54 Å². The predicted octanol–water partition coefficient (Wildman–Crippen LogP) is 2.46. The molecule has 1 N–H and O–H groups in total. The quantitative estimate of drug-likeness (QED) is 0.675. The lowest BCUT2D eigenvalue weighted by Gasteiger charge is -2.21. The molecule has 5 rings (SSSR count). The number of nitrogens with one attached hydrogen (secondary N) is 1. The van der Waals surface area contributed by atoms with Crippen LogP contribution in [-0.2, 0) is 4.79 Å². The van der Waals surface area contributed by atoms with Crippen molar-refractivity contribution in [3.63, 3.8) is 0 Å². The molecular formula is C22H19N5O3. The van der Waals surface area contributed by atoms with Crippen molar-refractivity contribution in [3.05, 3.63) is 59.7 Å². The number of nitrogens with zero attached hydrogens (tertiary/aromatic N) is 4. The monoisotopic (exact) mass is 401 g/mol. The lowest BCUT2D eigenvalue weighted by Crippen LogP contribution is -2.37. The molecule has 0 bridgehead atoms. The van der Waals surface area contributed by atoms with E-state index in [9.17, 15) is 14.4 Å². The van der Waals surface area contributed by atoms with Gasteiger partial charge in [-0.1, -0.05) is 24.3 Å². The van der Waals surface area contributed by atoms with Crippen LogP contribution in [0.5, 0.6) is 0 Å². The highest BCUT2D eigenvalue weighted by atomic mass is 16.2. The minimum atomic E-state index is -0.491. The van der Waals surface area contributed by atoms with Crippen molar-refractivity contribution in [2.75, 3.05) is 29.9 Å². The van der Waals surface area contributed by atoms with Gasteiger partial charge < -0.3 is 10.2 Å². The normalized spacial score (nSPS) is 15.7. The molecular weight excluding hydrogens is 382 g/mol. The fraction of sp³-hybridized carbons (Fsp3) is 0.227. The topological polar surface area (TPSA) is 95.5 Å². The highest BCUT2D eigenvalue weighted by Crippen LogP contribution is 2.28. The molecule has 0 saturated carbocycles. The first-order valence-electron chi connectivity index (χ1n) is 9.88. The van der Waals surface area contributed by atoms with E-state index in [1.165, 1.54) is 0 Å². The van der Waals surface area contributed by atoms with E-state index in [0.29, 0.717) is 28.3 Å². The molecule has 30 heavy (non-hydrogen) atoms. The van der Waals surface area contributed by atoms with Gasteiger partial charge in [0.25, 0.3) is 11.8 Å². The molecule has 2 aliphatic rings. The van der Waals surface area contributed by atoms with Crippen LogP contribution in [0.25, 0.3) is 11.0 Å². The molecule has 0 aliphatic carbocycles. The maximum atomic E-state index is 12.8. The van der Waals surface area contributed by atoms with Crippen molar-refractivity contribution in [3.8, 4) is 0 Å². The van der Waals surface area contributed by atoms with Crippen LogP contribution in [0.2, 0.25) is 0 Å². The molecule has 0 radical (unpaired) electrons. The first kappa shape index (κ1) is 18.2. The maximum Gasteiger partial charge on any atom is 0.262 e. The van der Waals surface area contributed by atoms with Gasteiger partial charge >= 0.3 is 0 Å². The van der Waals surface area contributed by atoms with Gasteiger partial charge in [-0.05, 0) is 37.1 Å². The van der Waals surface area contributed by atoms with Gasteiger partial charge in [-0.2, -0.15) is 0 Å². The highest BCUT2D eigenvalue weighted by molar-refractivity contribution is 6.22. The Labute approximate surface area is 172 Å². The van der Waals surface area contributed by atoms with Crippen LogP contribution in [-0.4, -0.2) is 52.2 Å². The number of hydrogen-bond acceptors (Lipinski definition) is 6. The fourth-order valence-corrected chi connectivity index (χ4v) is 3.92. The summed E-state index contributed by atoms with van der Waals surface area (Å²) in [6.07, 6.45) is 2.11. The zero-order valence-corrected chi connectivity index (χ0v) is 16.2. The second-order valence-corrected chi connectivity index (χ2v) is 7.37. The van der Waals surface area contributed by atoms with Gasteiger partial charge in [0, 0.05) is 13.1 Å². The van der Waals surface area contributed by atoms with Crippen LogP contribution >= 0.6 is 0 Å². The second-order valence-electron chi connectivity index (χ2n) is 7.37. The Balaban J connectivity index is 1.41. The van der Waals surface area contributed by atoms with Crippen molar-refractivity contribution in [1.82, 2.24) is 14.9 Å². The molecule has 8 nitrogen and oxygen atoms in total.